The van der Waals surface area contributed by atoms with E-state index in [0.717, 1.165) is 27.8 Å². The third kappa shape index (κ3) is 3.23. The van der Waals surface area contributed by atoms with Crippen LogP contribution < -0.4 is 10.9 Å². The molecule has 4 nitrogen and oxygen atoms in total. The van der Waals surface area contributed by atoms with Gasteiger partial charge in [0.05, 0.1) is 0 Å². The van der Waals surface area contributed by atoms with Crippen molar-refractivity contribution < 1.29 is 9.21 Å². The molecule has 0 atom stereocenters. The van der Waals surface area contributed by atoms with E-state index in [4.69, 9.17) is 4.42 Å². The number of ketones is 1. The van der Waals surface area contributed by atoms with Crippen molar-refractivity contribution >= 4 is 22.4 Å². The zero-order chi connectivity index (χ0) is 17.3. The molecule has 122 valence electrons. The van der Waals surface area contributed by atoms with E-state index < -0.39 is 0 Å². The number of fused-ring (bicyclic) bond motifs is 1. The molecule has 2 aromatic carbocycles. The minimum atomic E-state index is -0.352. The lowest BCUT2D eigenvalue weighted by Crippen LogP contribution is -2.06. The highest BCUT2D eigenvalue weighted by Crippen LogP contribution is 2.22. The Morgan fingerprint density at radius 2 is 1.71 bits per heavy atom. The fourth-order valence-electron chi connectivity index (χ4n) is 2.65. The smallest absolute Gasteiger partial charge is 0.336 e. The zero-order valence-electron chi connectivity index (χ0n) is 14.0. The van der Waals surface area contributed by atoms with Crippen LogP contribution in [0.1, 0.15) is 34.0 Å². The molecule has 0 bridgehead atoms. The maximum atomic E-state index is 11.8. The third-order valence-corrected chi connectivity index (χ3v) is 4.22. The Morgan fingerprint density at radius 1 is 1.04 bits per heavy atom. The lowest BCUT2D eigenvalue weighted by atomic mass is 10.0. The maximum absolute atomic E-state index is 11.8. The van der Waals surface area contributed by atoms with Crippen LogP contribution in [-0.4, -0.2) is 5.78 Å². The average molecular weight is 321 g/mol. The zero-order valence-corrected chi connectivity index (χ0v) is 14.0. The van der Waals surface area contributed by atoms with Crippen LogP contribution in [0.2, 0.25) is 0 Å². The summed E-state index contributed by atoms with van der Waals surface area (Å²) in [6, 6.07) is 12.8. The average Bonchev–Trinajstić information content (AvgIpc) is 2.54. The summed E-state index contributed by atoms with van der Waals surface area (Å²) in [6.07, 6.45) is 0. The van der Waals surface area contributed by atoms with Gasteiger partial charge in [0, 0.05) is 29.2 Å². The largest absolute Gasteiger partial charge is 0.423 e. The van der Waals surface area contributed by atoms with Gasteiger partial charge in [0.2, 0.25) is 0 Å². The summed E-state index contributed by atoms with van der Waals surface area (Å²) in [5.41, 5.74) is 4.96. The second kappa shape index (κ2) is 6.32. The van der Waals surface area contributed by atoms with Gasteiger partial charge in [0.25, 0.3) is 0 Å². The van der Waals surface area contributed by atoms with Crippen molar-refractivity contribution in [3.63, 3.8) is 0 Å². The third-order valence-electron chi connectivity index (χ3n) is 4.22. The fraction of sp³-hybridized carbons (Fsp3) is 0.200. The minimum Gasteiger partial charge on any atom is -0.423 e. The predicted molar refractivity (Wildman–Crippen MR) is 95.7 cm³/mol. The van der Waals surface area contributed by atoms with Crippen molar-refractivity contribution in [1.82, 2.24) is 0 Å². The molecule has 1 heterocycles. The highest BCUT2D eigenvalue weighted by Gasteiger charge is 2.08. The van der Waals surface area contributed by atoms with Gasteiger partial charge in [-0.1, -0.05) is 0 Å². The normalized spacial score (nSPS) is 10.8. The van der Waals surface area contributed by atoms with Gasteiger partial charge >= 0.3 is 5.63 Å². The van der Waals surface area contributed by atoms with E-state index in [9.17, 15) is 9.59 Å². The van der Waals surface area contributed by atoms with Crippen molar-refractivity contribution in [2.45, 2.75) is 27.3 Å². The van der Waals surface area contributed by atoms with Crippen molar-refractivity contribution in [1.29, 1.82) is 0 Å². The number of nitrogens with one attached hydrogen (secondary N) is 1. The van der Waals surface area contributed by atoms with E-state index in [1.165, 1.54) is 6.07 Å². The van der Waals surface area contributed by atoms with E-state index >= 15 is 0 Å². The Hall–Kier alpha value is -2.88. The van der Waals surface area contributed by atoms with Gasteiger partial charge in [0.15, 0.2) is 5.78 Å². The predicted octanol–water partition coefficient (Wildman–Crippen LogP) is 4.22. The molecule has 0 saturated heterocycles. The van der Waals surface area contributed by atoms with Crippen LogP contribution in [0.25, 0.3) is 11.0 Å². The highest BCUT2D eigenvalue weighted by molar-refractivity contribution is 5.94. The van der Waals surface area contributed by atoms with Crippen molar-refractivity contribution in [2.75, 3.05) is 5.32 Å². The van der Waals surface area contributed by atoms with E-state index in [1.54, 1.807) is 19.1 Å². The molecule has 0 spiro atoms. The molecule has 1 N–H and O–H groups in total. The van der Waals surface area contributed by atoms with Gasteiger partial charge in [-0.2, -0.15) is 0 Å². The molecule has 0 amide bonds. The van der Waals surface area contributed by atoms with Gasteiger partial charge in [-0.15, -0.1) is 0 Å². The van der Waals surface area contributed by atoms with Crippen LogP contribution in [0.4, 0.5) is 5.69 Å². The number of aryl methyl sites for hydroxylation is 2. The Morgan fingerprint density at radius 3 is 2.38 bits per heavy atom. The molecule has 24 heavy (non-hydrogen) atoms. The van der Waals surface area contributed by atoms with Gasteiger partial charge in [-0.05, 0) is 73.9 Å². The van der Waals surface area contributed by atoms with Crippen LogP contribution in [0, 0.1) is 13.8 Å². The molecular weight excluding hydrogens is 302 g/mol. The number of benzene rings is 2. The number of carbonyl (C=O) groups excluding carboxylic acids is 1. The molecule has 0 radical (unpaired) electrons. The van der Waals surface area contributed by atoms with Crippen LogP contribution in [0.5, 0.6) is 0 Å². The number of Topliss-reactive ketones (excluding diaryl/α,β-unsaturated/α-hetero) is 1. The molecule has 0 aliphatic carbocycles. The number of hydrogen-bond acceptors (Lipinski definition) is 4. The summed E-state index contributed by atoms with van der Waals surface area (Å²) in [7, 11) is 0. The minimum absolute atomic E-state index is 0.0408. The van der Waals surface area contributed by atoms with E-state index in [1.807, 2.05) is 38.1 Å². The molecule has 3 rings (SSSR count). The Balaban J connectivity index is 1.90. The fourth-order valence-corrected chi connectivity index (χ4v) is 2.65. The number of carbonyl (C=O) groups is 1. The summed E-state index contributed by atoms with van der Waals surface area (Å²) < 4.78 is 5.31. The molecule has 0 unspecified atom stereocenters. The van der Waals surface area contributed by atoms with Gasteiger partial charge in [-0.3, -0.25) is 4.79 Å². The van der Waals surface area contributed by atoms with Crippen LogP contribution in [0.15, 0.2) is 51.7 Å². The SMILES string of the molecule is CC(=O)c1ccc(NCc2cc(=O)oc3cc(C)c(C)cc23)cc1. The van der Waals surface area contributed by atoms with Gasteiger partial charge in [0.1, 0.15) is 5.58 Å². The summed E-state index contributed by atoms with van der Waals surface area (Å²) >= 11 is 0. The number of anilines is 1. The Labute approximate surface area is 140 Å². The second-order valence-electron chi connectivity index (χ2n) is 6.01. The first kappa shape index (κ1) is 16.0. The maximum Gasteiger partial charge on any atom is 0.336 e. The molecule has 0 fully saturated rings. The second-order valence-corrected chi connectivity index (χ2v) is 6.01. The summed E-state index contributed by atoms with van der Waals surface area (Å²) in [6.45, 7) is 6.08. The molecular formula is C20H19NO3. The molecule has 0 saturated carbocycles. The van der Waals surface area contributed by atoms with Crippen molar-refractivity contribution in [3.05, 3.63) is 75.1 Å². The van der Waals surface area contributed by atoms with Gasteiger partial charge < -0.3 is 9.73 Å². The number of hydrogen-bond donors (Lipinski definition) is 1. The summed E-state index contributed by atoms with van der Waals surface area (Å²) in [5, 5.41) is 4.22. The van der Waals surface area contributed by atoms with Crippen molar-refractivity contribution in [2.24, 2.45) is 0 Å². The standard InChI is InChI=1S/C20H19NO3/c1-12-8-18-16(10-20(23)24-19(18)9-13(12)2)11-21-17-6-4-15(5-7-17)14(3)22/h4-10,21H,11H2,1-3H3. The topological polar surface area (TPSA) is 59.3 Å². The van der Waals surface area contributed by atoms with Crippen LogP contribution >= 0.6 is 0 Å². The van der Waals surface area contributed by atoms with E-state index in [-0.39, 0.29) is 11.4 Å². The van der Waals surface area contributed by atoms with Crippen molar-refractivity contribution in [3.8, 4) is 0 Å². The lowest BCUT2D eigenvalue weighted by molar-refractivity contribution is 0.101. The molecule has 0 aliphatic rings. The molecule has 0 aliphatic heterocycles. The first-order valence-electron chi connectivity index (χ1n) is 7.83. The highest BCUT2D eigenvalue weighted by atomic mass is 16.4. The Kier molecular flexibility index (Phi) is 4.21. The monoisotopic (exact) mass is 321 g/mol. The molecule has 1 aromatic heterocycles. The lowest BCUT2D eigenvalue weighted by Gasteiger charge is -2.10. The first-order chi connectivity index (χ1) is 11.4. The van der Waals surface area contributed by atoms with Gasteiger partial charge in [-0.25, -0.2) is 4.79 Å². The molecule has 3 aromatic rings. The Bertz CT molecular complexity index is 969. The summed E-state index contributed by atoms with van der Waals surface area (Å²) in [4.78, 5) is 23.1. The van der Waals surface area contributed by atoms with Crippen LogP contribution in [0.3, 0.4) is 0 Å². The number of rotatable bonds is 4. The van der Waals surface area contributed by atoms with E-state index in [2.05, 4.69) is 5.32 Å². The first-order valence-corrected chi connectivity index (χ1v) is 7.83. The summed E-state index contributed by atoms with van der Waals surface area (Å²) in [5.74, 6) is 0.0408. The van der Waals surface area contributed by atoms with Crippen LogP contribution in [-0.2, 0) is 6.54 Å². The van der Waals surface area contributed by atoms with E-state index in [0.29, 0.717) is 17.7 Å². The molecule has 4 heteroatoms. The quantitative estimate of drug-likeness (QED) is 0.577.